The summed E-state index contributed by atoms with van der Waals surface area (Å²) < 4.78 is 38.1. The van der Waals surface area contributed by atoms with Crippen LogP contribution in [-0.2, 0) is 21.3 Å². The summed E-state index contributed by atoms with van der Waals surface area (Å²) in [5.41, 5.74) is -0.380. The van der Waals surface area contributed by atoms with Crippen LogP contribution in [0.5, 0.6) is 5.75 Å². The second kappa shape index (κ2) is 9.48. The Morgan fingerprint density at radius 2 is 1.69 bits per heavy atom. The first-order chi connectivity index (χ1) is 15.3. The van der Waals surface area contributed by atoms with E-state index in [0.717, 1.165) is 11.4 Å². The quantitative estimate of drug-likeness (QED) is 0.513. The molecular formula is C22H20N2O7S. The molecule has 3 aromatic rings. The normalized spacial score (nSPS) is 10.9. The van der Waals surface area contributed by atoms with Crippen molar-refractivity contribution in [2.45, 2.75) is 11.4 Å². The number of methoxy groups -OCH3 is 2. The first-order valence-corrected chi connectivity index (χ1v) is 10.7. The van der Waals surface area contributed by atoms with Gasteiger partial charge in [-0.25, -0.2) is 18.0 Å². The number of para-hydroxylation sites is 1. The third-order valence-electron chi connectivity index (χ3n) is 4.62. The van der Waals surface area contributed by atoms with Gasteiger partial charge >= 0.3 is 11.9 Å². The molecule has 0 spiro atoms. The number of benzene rings is 2. The van der Waals surface area contributed by atoms with Crippen LogP contribution in [0.3, 0.4) is 0 Å². The summed E-state index contributed by atoms with van der Waals surface area (Å²) in [6, 6.07) is 12.8. The predicted molar refractivity (Wildman–Crippen MR) is 115 cm³/mol. The van der Waals surface area contributed by atoms with Crippen molar-refractivity contribution in [1.82, 2.24) is 4.98 Å². The van der Waals surface area contributed by atoms with E-state index in [-0.39, 0.29) is 28.3 Å². The van der Waals surface area contributed by atoms with Gasteiger partial charge in [-0.05, 0) is 48.0 Å². The number of ether oxygens (including phenoxy) is 2. The van der Waals surface area contributed by atoms with Gasteiger partial charge in [0.05, 0.1) is 42.5 Å². The Labute approximate surface area is 184 Å². The largest absolute Gasteiger partial charge is 0.497 e. The second-order valence-electron chi connectivity index (χ2n) is 6.55. The highest BCUT2D eigenvalue weighted by molar-refractivity contribution is 7.92. The Bertz CT molecular complexity index is 1230. The van der Waals surface area contributed by atoms with Gasteiger partial charge in [-0.1, -0.05) is 12.1 Å². The number of esters is 1. The molecule has 9 nitrogen and oxygen atoms in total. The fourth-order valence-electron chi connectivity index (χ4n) is 3.08. The van der Waals surface area contributed by atoms with Gasteiger partial charge in [-0.2, -0.15) is 0 Å². The number of aromatic carboxylic acids is 1. The van der Waals surface area contributed by atoms with Crippen molar-refractivity contribution < 1.29 is 32.6 Å². The number of rotatable bonds is 8. The lowest BCUT2D eigenvalue weighted by molar-refractivity contribution is 0.0601. The molecule has 2 aromatic carbocycles. The molecule has 0 unspecified atom stereocenters. The molecular weight excluding hydrogens is 436 g/mol. The molecule has 32 heavy (non-hydrogen) atoms. The molecule has 0 bridgehead atoms. The van der Waals surface area contributed by atoms with Crippen molar-refractivity contribution >= 4 is 27.6 Å². The van der Waals surface area contributed by atoms with E-state index in [2.05, 4.69) is 4.98 Å². The predicted octanol–water partition coefficient (Wildman–Crippen LogP) is 2.97. The summed E-state index contributed by atoms with van der Waals surface area (Å²) in [4.78, 5) is 28.3. The minimum Gasteiger partial charge on any atom is -0.497 e. The van der Waals surface area contributed by atoms with Gasteiger partial charge in [-0.15, -0.1) is 0 Å². The number of hydrogen-bond donors (Lipinski definition) is 1. The van der Waals surface area contributed by atoms with Crippen LogP contribution in [0.15, 0.2) is 71.9 Å². The average Bonchev–Trinajstić information content (AvgIpc) is 2.82. The molecule has 0 aliphatic carbocycles. The Balaban J connectivity index is 2.28. The van der Waals surface area contributed by atoms with Gasteiger partial charge in [0.25, 0.3) is 10.0 Å². The topological polar surface area (TPSA) is 123 Å². The highest BCUT2D eigenvalue weighted by atomic mass is 32.2. The lowest BCUT2D eigenvalue weighted by Crippen LogP contribution is -2.33. The number of pyridine rings is 1. The monoisotopic (exact) mass is 456 g/mol. The van der Waals surface area contributed by atoms with Crippen LogP contribution in [0.1, 0.15) is 26.3 Å². The van der Waals surface area contributed by atoms with Gasteiger partial charge in [0.15, 0.2) is 0 Å². The Hall–Kier alpha value is -3.92. The second-order valence-corrected chi connectivity index (χ2v) is 8.41. The number of carbonyl (C=O) groups excluding carboxylic acids is 1. The van der Waals surface area contributed by atoms with Gasteiger partial charge in [0.1, 0.15) is 5.75 Å². The summed E-state index contributed by atoms with van der Waals surface area (Å²) >= 11 is 0. The maximum atomic E-state index is 13.7. The van der Waals surface area contributed by atoms with Crippen molar-refractivity contribution in [3.63, 3.8) is 0 Å². The number of carboxylic acids is 1. The van der Waals surface area contributed by atoms with Crippen LogP contribution in [0.25, 0.3) is 0 Å². The molecule has 0 atom stereocenters. The molecule has 166 valence electrons. The minimum atomic E-state index is -4.32. The van der Waals surface area contributed by atoms with E-state index < -0.39 is 22.0 Å². The number of carboxylic acid groups (broad SMARTS) is 1. The van der Waals surface area contributed by atoms with E-state index in [9.17, 15) is 23.1 Å². The summed E-state index contributed by atoms with van der Waals surface area (Å²) in [5.74, 6) is -1.82. The molecule has 0 aliphatic rings. The van der Waals surface area contributed by atoms with Crippen LogP contribution in [-0.4, -0.2) is 44.7 Å². The van der Waals surface area contributed by atoms with Crippen LogP contribution in [0, 0.1) is 0 Å². The van der Waals surface area contributed by atoms with Crippen LogP contribution in [0.4, 0.5) is 5.69 Å². The van der Waals surface area contributed by atoms with Gasteiger partial charge in [-0.3, -0.25) is 9.29 Å². The molecule has 0 fully saturated rings. The number of aromatic nitrogens is 1. The van der Waals surface area contributed by atoms with Crippen molar-refractivity contribution in [3.05, 3.63) is 83.7 Å². The lowest BCUT2D eigenvalue weighted by Gasteiger charge is -2.27. The van der Waals surface area contributed by atoms with Crippen LogP contribution >= 0.6 is 0 Å². The van der Waals surface area contributed by atoms with Crippen molar-refractivity contribution in [2.75, 3.05) is 18.5 Å². The van der Waals surface area contributed by atoms with Crippen LogP contribution in [0.2, 0.25) is 0 Å². The average molecular weight is 456 g/mol. The molecule has 0 radical (unpaired) electrons. The zero-order valence-corrected chi connectivity index (χ0v) is 18.1. The third kappa shape index (κ3) is 4.54. The fourth-order valence-corrected chi connectivity index (χ4v) is 4.57. The van der Waals surface area contributed by atoms with Crippen molar-refractivity contribution in [3.8, 4) is 5.75 Å². The summed E-state index contributed by atoms with van der Waals surface area (Å²) in [7, 11) is -1.74. The molecule has 1 aromatic heterocycles. The maximum Gasteiger partial charge on any atom is 0.340 e. The van der Waals surface area contributed by atoms with E-state index in [0.29, 0.717) is 11.3 Å². The van der Waals surface area contributed by atoms with E-state index in [1.165, 1.54) is 62.0 Å². The maximum absolute atomic E-state index is 13.7. The Morgan fingerprint density at radius 3 is 2.25 bits per heavy atom. The van der Waals surface area contributed by atoms with Gasteiger partial charge in [0.2, 0.25) is 0 Å². The van der Waals surface area contributed by atoms with Gasteiger partial charge < -0.3 is 14.6 Å². The molecule has 1 heterocycles. The first kappa shape index (κ1) is 22.8. The highest BCUT2D eigenvalue weighted by Crippen LogP contribution is 2.33. The number of carbonyl (C=O) groups is 2. The number of anilines is 1. The number of hydrogen-bond acceptors (Lipinski definition) is 7. The molecule has 0 saturated carbocycles. The molecule has 10 heteroatoms. The number of sulfonamides is 1. The zero-order chi connectivity index (χ0) is 23.3. The molecule has 1 N–H and O–H groups in total. The first-order valence-electron chi connectivity index (χ1n) is 9.30. The Morgan fingerprint density at radius 1 is 1.00 bits per heavy atom. The molecule has 3 rings (SSSR count). The number of nitrogens with zero attached hydrogens (tertiary/aromatic N) is 2. The van der Waals surface area contributed by atoms with Crippen LogP contribution < -0.4 is 9.04 Å². The molecule has 0 amide bonds. The van der Waals surface area contributed by atoms with Gasteiger partial charge in [0, 0.05) is 12.4 Å². The third-order valence-corrected chi connectivity index (χ3v) is 6.38. The summed E-state index contributed by atoms with van der Waals surface area (Å²) in [6.07, 6.45) is 2.98. The highest BCUT2D eigenvalue weighted by Gasteiger charge is 2.33. The van der Waals surface area contributed by atoms with E-state index in [1.54, 1.807) is 12.1 Å². The van der Waals surface area contributed by atoms with E-state index in [4.69, 9.17) is 9.47 Å². The lowest BCUT2D eigenvalue weighted by atomic mass is 10.1. The summed E-state index contributed by atoms with van der Waals surface area (Å²) in [6.45, 7) is -0.267. The SMILES string of the molecule is COC(=O)c1cccc(C(=O)O)c1N(Cc1cccnc1)S(=O)(=O)c1ccc(OC)cc1. The minimum absolute atomic E-state index is 0.113. The van der Waals surface area contributed by atoms with Crippen molar-refractivity contribution in [1.29, 1.82) is 0 Å². The van der Waals surface area contributed by atoms with E-state index >= 15 is 0 Å². The Kier molecular flexibility index (Phi) is 6.74. The molecule has 0 aliphatic heterocycles. The van der Waals surface area contributed by atoms with Crippen molar-refractivity contribution in [2.24, 2.45) is 0 Å². The molecule has 0 saturated heterocycles. The fraction of sp³-hybridized carbons (Fsp3) is 0.136. The summed E-state index contributed by atoms with van der Waals surface area (Å²) in [5, 5.41) is 9.76. The van der Waals surface area contributed by atoms with E-state index in [1.807, 2.05) is 0 Å². The smallest absolute Gasteiger partial charge is 0.340 e. The standard InChI is InChI=1S/C22H20N2O7S/c1-30-16-8-10-17(11-9-16)32(28,29)24(14-15-5-4-12-23-13-15)20-18(21(25)26)6-3-7-19(20)22(27)31-2/h3-13H,14H2,1-2H3,(H,25,26). The zero-order valence-electron chi connectivity index (χ0n) is 17.3.